The van der Waals surface area contributed by atoms with E-state index in [1.165, 1.54) is 18.3 Å². The van der Waals surface area contributed by atoms with E-state index in [2.05, 4.69) is 9.88 Å². The maximum Gasteiger partial charge on any atom is 1.00 e. The fraction of sp³-hybridized carbons (Fsp3) is 0.217. The molecule has 154 valence electrons. The number of aromatic carboxylic acids is 1. The normalized spacial score (nSPS) is 12.6. The molecular formula is C23H19F2N2NaO3. The van der Waals surface area contributed by atoms with Crippen molar-refractivity contribution in [2.45, 2.75) is 26.0 Å². The van der Waals surface area contributed by atoms with Gasteiger partial charge in [-0.15, -0.1) is 0 Å². The summed E-state index contributed by atoms with van der Waals surface area (Å²) in [5.74, 6) is -1.94. The van der Waals surface area contributed by atoms with Gasteiger partial charge in [0.1, 0.15) is 24.0 Å². The molecule has 5 nitrogen and oxygen atoms in total. The van der Waals surface area contributed by atoms with Crippen LogP contribution in [0.4, 0.5) is 14.5 Å². The molecule has 1 aliphatic heterocycles. The number of anilines is 1. The van der Waals surface area contributed by atoms with Crippen LogP contribution >= 0.6 is 0 Å². The number of halogens is 2. The third kappa shape index (κ3) is 5.23. The average Bonchev–Trinajstić information content (AvgIpc) is 2.74. The Kier molecular flexibility index (Phi) is 7.64. The van der Waals surface area contributed by atoms with Crippen LogP contribution in [0, 0.1) is 11.6 Å². The molecule has 3 aromatic rings. The molecule has 2 aromatic carbocycles. The molecule has 0 aliphatic carbocycles. The van der Waals surface area contributed by atoms with Crippen LogP contribution in [-0.4, -0.2) is 17.5 Å². The zero-order chi connectivity index (χ0) is 21.1. The van der Waals surface area contributed by atoms with Crippen molar-refractivity contribution in [1.29, 1.82) is 0 Å². The molecule has 31 heavy (non-hydrogen) atoms. The first-order chi connectivity index (χ1) is 14.5. The Labute approximate surface area is 201 Å². The van der Waals surface area contributed by atoms with E-state index in [1.807, 2.05) is 18.2 Å². The summed E-state index contributed by atoms with van der Waals surface area (Å²) in [7, 11) is 0. The Bertz CT molecular complexity index is 1090. The van der Waals surface area contributed by atoms with Crippen molar-refractivity contribution >= 4 is 11.7 Å². The van der Waals surface area contributed by atoms with Crippen molar-refractivity contribution < 1.29 is 53.0 Å². The van der Waals surface area contributed by atoms with Crippen molar-refractivity contribution in [2.75, 3.05) is 11.4 Å². The number of pyridine rings is 1. The smallest absolute Gasteiger partial charge is 0.545 e. The average molecular weight is 432 g/mol. The molecule has 1 aliphatic rings. The van der Waals surface area contributed by atoms with Crippen LogP contribution in [0.1, 0.15) is 33.5 Å². The molecule has 0 bridgehead atoms. The molecule has 0 amide bonds. The van der Waals surface area contributed by atoms with E-state index < -0.39 is 17.6 Å². The van der Waals surface area contributed by atoms with Gasteiger partial charge in [0, 0.05) is 42.0 Å². The largest absolute Gasteiger partial charge is 1.00 e. The number of ether oxygens (including phenoxy) is 1. The zero-order valence-corrected chi connectivity index (χ0v) is 19.1. The number of carboxylic acid groups (broad SMARTS) is 1. The number of carbonyl (C=O) groups excluding carboxylic acids is 1. The van der Waals surface area contributed by atoms with E-state index in [4.69, 9.17) is 4.74 Å². The summed E-state index contributed by atoms with van der Waals surface area (Å²) in [6.07, 6.45) is 4.45. The molecule has 0 radical (unpaired) electrons. The summed E-state index contributed by atoms with van der Waals surface area (Å²) in [5, 5.41) is 11.4. The van der Waals surface area contributed by atoms with Gasteiger partial charge in [-0.2, -0.15) is 0 Å². The van der Waals surface area contributed by atoms with E-state index in [9.17, 15) is 18.7 Å². The van der Waals surface area contributed by atoms with E-state index in [0.29, 0.717) is 18.7 Å². The Morgan fingerprint density at radius 2 is 1.94 bits per heavy atom. The van der Waals surface area contributed by atoms with Crippen LogP contribution < -0.4 is 44.3 Å². The van der Waals surface area contributed by atoms with Crippen LogP contribution in [0.2, 0.25) is 0 Å². The molecule has 0 atom stereocenters. The van der Waals surface area contributed by atoms with E-state index in [-0.39, 0.29) is 47.3 Å². The van der Waals surface area contributed by atoms with Crippen LogP contribution in [0.3, 0.4) is 0 Å². The first kappa shape index (κ1) is 23.2. The number of nitrogens with zero attached hydrogens (tertiary/aromatic N) is 2. The van der Waals surface area contributed by atoms with Crippen LogP contribution in [0.5, 0.6) is 5.75 Å². The van der Waals surface area contributed by atoms with Gasteiger partial charge in [-0.25, -0.2) is 8.78 Å². The van der Waals surface area contributed by atoms with E-state index in [1.54, 1.807) is 12.3 Å². The van der Waals surface area contributed by atoms with E-state index in [0.717, 1.165) is 35.8 Å². The van der Waals surface area contributed by atoms with Gasteiger partial charge in [-0.3, -0.25) is 4.98 Å². The monoisotopic (exact) mass is 432 g/mol. The van der Waals surface area contributed by atoms with Gasteiger partial charge in [0.15, 0.2) is 0 Å². The van der Waals surface area contributed by atoms with Crippen LogP contribution in [0.15, 0.2) is 54.9 Å². The fourth-order valence-electron chi connectivity index (χ4n) is 3.69. The molecule has 0 unspecified atom stereocenters. The SMILES string of the molecule is O=C([O-])c1cncc2c1CCCN2Cc1ccccc1OCc1ccc(F)cc1F.[Na+]. The Morgan fingerprint density at radius 3 is 2.71 bits per heavy atom. The Balaban J connectivity index is 0.00000272. The van der Waals surface area contributed by atoms with Gasteiger partial charge in [0.25, 0.3) is 0 Å². The number of hydrogen-bond donors (Lipinski definition) is 0. The van der Waals surface area contributed by atoms with Gasteiger partial charge in [-0.05, 0) is 36.6 Å². The van der Waals surface area contributed by atoms with Gasteiger partial charge < -0.3 is 19.5 Å². The summed E-state index contributed by atoms with van der Waals surface area (Å²) >= 11 is 0. The first-order valence-electron chi connectivity index (χ1n) is 9.60. The van der Waals surface area contributed by atoms with Crippen molar-refractivity contribution in [3.05, 3.63) is 88.7 Å². The number of rotatable bonds is 6. The van der Waals surface area contributed by atoms with Crippen molar-refractivity contribution in [1.82, 2.24) is 4.98 Å². The Morgan fingerprint density at radius 1 is 1.13 bits per heavy atom. The van der Waals surface area contributed by atoms with Crippen molar-refractivity contribution in [2.24, 2.45) is 0 Å². The molecule has 0 N–H and O–H groups in total. The molecular weight excluding hydrogens is 413 g/mol. The minimum Gasteiger partial charge on any atom is -0.545 e. The third-order valence-corrected chi connectivity index (χ3v) is 5.18. The summed E-state index contributed by atoms with van der Waals surface area (Å²) in [6.45, 7) is 1.19. The van der Waals surface area contributed by atoms with Crippen LogP contribution in [-0.2, 0) is 19.6 Å². The Hall–Kier alpha value is -2.48. The van der Waals surface area contributed by atoms with Crippen molar-refractivity contribution in [3.63, 3.8) is 0 Å². The molecule has 8 heteroatoms. The maximum absolute atomic E-state index is 13.9. The molecule has 0 saturated heterocycles. The first-order valence-corrected chi connectivity index (χ1v) is 9.60. The summed E-state index contributed by atoms with van der Waals surface area (Å²) in [4.78, 5) is 17.5. The third-order valence-electron chi connectivity index (χ3n) is 5.18. The minimum atomic E-state index is -1.23. The number of hydrogen-bond acceptors (Lipinski definition) is 5. The maximum atomic E-state index is 13.9. The second kappa shape index (κ2) is 10.2. The molecule has 0 saturated carbocycles. The molecule has 2 heterocycles. The number of benzene rings is 2. The summed E-state index contributed by atoms with van der Waals surface area (Å²) in [5.41, 5.74) is 2.74. The van der Waals surface area contributed by atoms with Gasteiger partial charge in [0.05, 0.1) is 17.9 Å². The standard InChI is InChI=1S/C23H20F2N2O3.Na/c24-17-8-7-16(20(25)10-17)14-30-22-6-2-1-4-15(22)13-27-9-3-5-18-19(23(28)29)11-26-12-21(18)27;/h1-2,4,6-8,10-12H,3,5,9,13-14H2,(H,28,29);/q;+1/p-1. The summed E-state index contributed by atoms with van der Waals surface area (Å²) in [6, 6.07) is 10.8. The molecule has 0 fully saturated rings. The second-order valence-electron chi connectivity index (χ2n) is 7.13. The van der Waals surface area contributed by atoms with Crippen molar-refractivity contribution in [3.8, 4) is 5.75 Å². The van der Waals surface area contributed by atoms with Crippen LogP contribution in [0.25, 0.3) is 0 Å². The zero-order valence-electron chi connectivity index (χ0n) is 17.1. The second-order valence-corrected chi connectivity index (χ2v) is 7.13. The quantitative estimate of drug-likeness (QED) is 0.523. The predicted molar refractivity (Wildman–Crippen MR) is 105 cm³/mol. The summed E-state index contributed by atoms with van der Waals surface area (Å²) < 4.78 is 32.8. The van der Waals surface area contributed by atoms with Gasteiger partial charge in [0.2, 0.25) is 0 Å². The number of fused-ring (bicyclic) bond motifs is 1. The topological polar surface area (TPSA) is 65.5 Å². The molecule has 1 aromatic heterocycles. The van der Waals surface area contributed by atoms with Gasteiger partial charge in [-0.1, -0.05) is 18.2 Å². The molecule has 0 spiro atoms. The minimum absolute atomic E-state index is 0. The number of aromatic nitrogens is 1. The number of carboxylic acids is 1. The number of para-hydroxylation sites is 1. The number of carbonyl (C=O) groups is 1. The predicted octanol–water partition coefficient (Wildman–Crippen LogP) is 0.259. The van der Waals surface area contributed by atoms with Gasteiger partial charge >= 0.3 is 29.6 Å². The molecule has 4 rings (SSSR count). The fourth-order valence-corrected chi connectivity index (χ4v) is 3.69. The van der Waals surface area contributed by atoms with E-state index >= 15 is 0 Å².